The number of benzene rings is 1. The maximum Gasteiger partial charge on any atom is 0.225 e. The molecule has 0 radical (unpaired) electrons. The Morgan fingerprint density at radius 3 is 2.29 bits per heavy atom. The lowest BCUT2D eigenvalue weighted by molar-refractivity contribution is -0.116. The molecule has 1 aliphatic carbocycles. The Bertz CT molecular complexity index is 659. The molecule has 0 saturated heterocycles. The van der Waals surface area contributed by atoms with Gasteiger partial charge in [-0.25, -0.2) is 8.42 Å². The molecule has 1 fully saturated rings. The summed E-state index contributed by atoms with van der Waals surface area (Å²) in [5.74, 6) is -0.142. The van der Waals surface area contributed by atoms with E-state index in [0.717, 1.165) is 42.5 Å². The van der Waals surface area contributed by atoms with Crippen molar-refractivity contribution >= 4 is 21.6 Å². The van der Waals surface area contributed by atoms with Gasteiger partial charge in [0.15, 0.2) is 0 Å². The van der Waals surface area contributed by atoms with Gasteiger partial charge >= 0.3 is 0 Å². The number of amides is 1. The Hall–Kier alpha value is -1.40. The first-order chi connectivity index (χ1) is 11.3. The van der Waals surface area contributed by atoms with E-state index in [0.29, 0.717) is 0 Å². The first-order valence-corrected chi connectivity index (χ1v) is 10.5. The number of rotatable bonds is 6. The predicted octanol–water partition coefficient (Wildman–Crippen LogP) is 3.23. The molecule has 1 aromatic rings. The number of aryl methyl sites for hydroxylation is 2. The zero-order valence-corrected chi connectivity index (χ0v) is 15.7. The van der Waals surface area contributed by atoms with Crippen LogP contribution in [-0.2, 0) is 14.8 Å². The average molecular weight is 353 g/mol. The van der Waals surface area contributed by atoms with Crippen LogP contribution in [0, 0.1) is 13.8 Å². The van der Waals surface area contributed by atoms with Crippen LogP contribution < -0.4 is 5.32 Å². The van der Waals surface area contributed by atoms with Crippen molar-refractivity contribution in [3.05, 3.63) is 29.3 Å². The van der Waals surface area contributed by atoms with Gasteiger partial charge in [0, 0.05) is 24.7 Å². The highest BCUT2D eigenvalue weighted by Gasteiger charge is 2.28. The zero-order valence-electron chi connectivity index (χ0n) is 14.8. The molecule has 1 amide bonds. The van der Waals surface area contributed by atoms with Crippen LogP contribution in [0.1, 0.15) is 49.7 Å². The fourth-order valence-corrected chi connectivity index (χ4v) is 4.59. The molecule has 134 valence electrons. The summed E-state index contributed by atoms with van der Waals surface area (Å²) in [4.78, 5) is 12.3. The van der Waals surface area contributed by atoms with Crippen molar-refractivity contribution in [3.8, 4) is 0 Å². The fraction of sp³-hybridized carbons (Fsp3) is 0.611. The molecule has 5 nitrogen and oxygen atoms in total. The standard InChI is InChI=1S/C18H28N2O3S/c1-14-8-7-9-15(2)18(14)19-17(21)12-13-20(24(3,22)23)16-10-5-4-6-11-16/h7-9,16H,4-6,10-13H2,1-3H3,(H,19,21). The Morgan fingerprint density at radius 2 is 1.75 bits per heavy atom. The van der Waals surface area contributed by atoms with Gasteiger partial charge in [0.25, 0.3) is 0 Å². The normalized spacial score (nSPS) is 16.3. The van der Waals surface area contributed by atoms with Crippen LogP contribution in [0.15, 0.2) is 18.2 Å². The van der Waals surface area contributed by atoms with E-state index in [9.17, 15) is 13.2 Å². The minimum Gasteiger partial charge on any atom is -0.326 e. The highest BCUT2D eigenvalue weighted by Crippen LogP contribution is 2.25. The lowest BCUT2D eigenvalue weighted by atomic mass is 9.95. The van der Waals surface area contributed by atoms with E-state index in [-0.39, 0.29) is 24.9 Å². The van der Waals surface area contributed by atoms with Crippen LogP contribution in [0.3, 0.4) is 0 Å². The van der Waals surface area contributed by atoms with E-state index >= 15 is 0 Å². The number of nitrogens with zero attached hydrogens (tertiary/aromatic N) is 1. The summed E-state index contributed by atoms with van der Waals surface area (Å²) < 4.78 is 25.7. The monoisotopic (exact) mass is 352 g/mol. The van der Waals surface area contributed by atoms with Gasteiger partial charge in [-0.2, -0.15) is 4.31 Å². The highest BCUT2D eigenvalue weighted by atomic mass is 32.2. The molecule has 0 bridgehead atoms. The van der Waals surface area contributed by atoms with Gasteiger partial charge in [-0.3, -0.25) is 4.79 Å². The quantitative estimate of drug-likeness (QED) is 0.855. The predicted molar refractivity (Wildman–Crippen MR) is 97.6 cm³/mol. The van der Waals surface area contributed by atoms with E-state index in [1.54, 1.807) is 0 Å². The van der Waals surface area contributed by atoms with E-state index in [2.05, 4.69) is 5.32 Å². The first-order valence-electron chi connectivity index (χ1n) is 8.62. The fourth-order valence-electron chi connectivity index (χ4n) is 3.41. The van der Waals surface area contributed by atoms with Crippen molar-refractivity contribution in [1.82, 2.24) is 4.31 Å². The van der Waals surface area contributed by atoms with Gasteiger partial charge < -0.3 is 5.32 Å². The summed E-state index contributed by atoms with van der Waals surface area (Å²) in [5.41, 5.74) is 2.84. The second-order valence-corrected chi connectivity index (χ2v) is 8.67. The van der Waals surface area contributed by atoms with Crippen LogP contribution in [0.5, 0.6) is 0 Å². The maximum absolute atomic E-state index is 12.3. The lowest BCUT2D eigenvalue weighted by Crippen LogP contribution is -2.42. The van der Waals surface area contributed by atoms with E-state index in [1.807, 2.05) is 32.0 Å². The van der Waals surface area contributed by atoms with Crippen molar-refractivity contribution in [2.24, 2.45) is 0 Å². The molecular formula is C18H28N2O3S. The molecule has 24 heavy (non-hydrogen) atoms. The smallest absolute Gasteiger partial charge is 0.225 e. The molecule has 0 aliphatic heterocycles. The van der Waals surface area contributed by atoms with Crippen molar-refractivity contribution in [2.45, 2.75) is 58.4 Å². The van der Waals surface area contributed by atoms with Crippen LogP contribution >= 0.6 is 0 Å². The number of nitrogens with one attached hydrogen (secondary N) is 1. The second kappa shape index (κ2) is 8.12. The first kappa shape index (κ1) is 18.9. The molecule has 1 aromatic carbocycles. The minimum atomic E-state index is -3.30. The Kier molecular flexibility index (Phi) is 6.40. The summed E-state index contributed by atoms with van der Waals surface area (Å²) in [6, 6.07) is 5.90. The van der Waals surface area contributed by atoms with Gasteiger partial charge in [0.1, 0.15) is 0 Å². The van der Waals surface area contributed by atoms with E-state index in [4.69, 9.17) is 0 Å². The van der Waals surface area contributed by atoms with Crippen LogP contribution in [0.4, 0.5) is 5.69 Å². The molecule has 6 heteroatoms. The van der Waals surface area contributed by atoms with Crippen molar-refractivity contribution in [1.29, 1.82) is 0 Å². The Labute approximate surface area is 145 Å². The molecular weight excluding hydrogens is 324 g/mol. The van der Waals surface area contributed by atoms with Crippen molar-refractivity contribution in [2.75, 3.05) is 18.1 Å². The molecule has 0 aromatic heterocycles. The Morgan fingerprint density at radius 1 is 1.17 bits per heavy atom. The van der Waals surface area contributed by atoms with Gasteiger partial charge in [-0.15, -0.1) is 0 Å². The summed E-state index contributed by atoms with van der Waals surface area (Å²) in [6.45, 7) is 4.15. The lowest BCUT2D eigenvalue weighted by Gasteiger charge is -2.32. The Balaban J connectivity index is 1.99. The summed E-state index contributed by atoms with van der Waals surface area (Å²) in [7, 11) is -3.30. The average Bonchev–Trinajstić information content (AvgIpc) is 2.51. The summed E-state index contributed by atoms with van der Waals surface area (Å²) in [5, 5.41) is 2.93. The number of hydrogen-bond donors (Lipinski definition) is 1. The molecule has 1 saturated carbocycles. The topological polar surface area (TPSA) is 66.5 Å². The third-order valence-electron chi connectivity index (χ3n) is 4.71. The molecule has 0 heterocycles. The van der Waals surface area contributed by atoms with E-state index in [1.165, 1.54) is 17.0 Å². The van der Waals surface area contributed by atoms with Gasteiger partial charge in [0.2, 0.25) is 15.9 Å². The van der Waals surface area contributed by atoms with Crippen LogP contribution in [0.25, 0.3) is 0 Å². The molecule has 0 atom stereocenters. The van der Waals surface area contributed by atoms with Crippen molar-refractivity contribution < 1.29 is 13.2 Å². The maximum atomic E-state index is 12.3. The van der Waals surface area contributed by atoms with E-state index < -0.39 is 10.0 Å². The van der Waals surface area contributed by atoms with Crippen LogP contribution in [0.2, 0.25) is 0 Å². The van der Waals surface area contributed by atoms with Gasteiger partial charge in [-0.1, -0.05) is 37.5 Å². The number of hydrogen-bond acceptors (Lipinski definition) is 3. The molecule has 1 aliphatic rings. The zero-order chi connectivity index (χ0) is 17.7. The largest absolute Gasteiger partial charge is 0.326 e. The number of carbonyl (C=O) groups is 1. The van der Waals surface area contributed by atoms with Crippen molar-refractivity contribution in [3.63, 3.8) is 0 Å². The van der Waals surface area contributed by atoms with Gasteiger partial charge in [0.05, 0.1) is 6.26 Å². The summed E-state index contributed by atoms with van der Waals surface area (Å²) >= 11 is 0. The number of carbonyl (C=O) groups excluding carboxylic acids is 1. The minimum absolute atomic E-state index is 0.0433. The molecule has 1 N–H and O–H groups in total. The SMILES string of the molecule is Cc1cccc(C)c1NC(=O)CCN(C1CCCCC1)S(C)(=O)=O. The highest BCUT2D eigenvalue weighted by molar-refractivity contribution is 7.88. The van der Waals surface area contributed by atoms with Gasteiger partial charge in [-0.05, 0) is 37.8 Å². The molecule has 0 spiro atoms. The molecule has 0 unspecified atom stereocenters. The second-order valence-electron chi connectivity index (χ2n) is 6.73. The summed E-state index contributed by atoms with van der Waals surface area (Å²) in [6.07, 6.45) is 6.50. The third kappa shape index (κ3) is 5.05. The number of anilines is 1. The van der Waals surface area contributed by atoms with Crippen LogP contribution in [-0.4, -0.2) is 37.5 Å². The molecule has 2 rings (SSSR count). The number of para-hydroxylation sites is 1. The number of sulfonamides is 1. The third-order valence-corrected chi connectivity index (χ3v) is 6.05.